The van der Waals surface area contributed by atoms with Gasteiger partial charge in [-0.3, -0.25) is 14.4 Å². The van der Waals surface area contributed by atoms with Crippen LogP contribution in [0.5, 0.6) is 5.75 Å². The third-order valence-electron chi connectivity index (χ3n) is 5.63. The van der Waals surface area contributed by atoms with Gasteiger partial charge in [-0.05, 0) is 42.8 Å². The third kappa shape index (κ3) is 6.45. The van der Waals surface area contributed by atoms with Gasteiger partial charge >= 0.3 is 0 Å². The number of likely N-dealkylation sites (N-methyl/N-ethyl adjacent to an activating group) is 2. The number of anilines is 3. The van der Waals surface area contributed by atoms with Crippen molar-refractivity contribution in [2.75, 3.05) is 48.5 Å². The summed E-state index contributed by atoms with van der Waals surface area (Å²) in [6.45, 7) is 1.30. The molecule has 2 N–H and O–H groups in total. The summed E-state index contributed by atoms with van der Waals surface area (Å²) in [5, 5.41) is 0. The van der Waals surface area contributed by atoms with Gasteiger partial charge in [0, 0.05) is 37.2 Å². The molecule has 3 amide bonds. The molecule has 0 saturated heterocycles. The van der Waals surface area contributed by atoms with E-state index in [1.54, 1.807) is 43.3 Å². The van der Waals surface area contributed by atoms with E-state index in [1.807, 2.05) is 61.5 Å². The topological polar surface area (TPSA) is 96.2 Å². The summed E-state index contributed by atoms with van der Waals surface area (Å²) in [6.07, 6.45) is 0. The maximum atomic E-state index is 12.9. The number of nitrogens with zero attached hydrogens (tertiary/aromatic N) is 3. The molecule has 0 heterocycles. The standard InChI is InChI=1S/C27H30N4O4/c1-20-10-7-8-15-24(20)30(3)27(34)19-35-23-14-9-13-22(16-23)31(25(32)17-28)18-26(33)29(2)21-11-5-4-6-12-21/h4-16H,17-19,28H2,1-3H3. The number of ether oxygens (including phenoxy) is 1. The molecule has 35 heavy (non-hydrogen) atoms. The summed E-state index contributed by atoms with van der Waals surface area (Å²) in [5.74, 6) is -0.515. The Hall–Kier alpha value is -4.17. The lowest BCUT2D eigenvalue weighted by atomic mass is 10.2. The summed E-state index contributed by atoms with van der Waals surface area (Å²) in [5.41, 5.74) is 8.56. The molecule has 0 aliphatic carbocycles. The third-order valence-corrected chi connectivity index (χ3v) is 5.63. The highest BCUT2D eigenvalue weighted by molar-refractivity contribution is 6.04. The summed E-state index contributed by atoms with van der Waals surface area (Å²) >= 11 is 0. The Balaban J connectivity index is 1.71. The van der Waals surface area contributed by atoms with Crippen LogP contribution in [0.3, 0.4) is 0 Å². The van der Waals surface area contributed by atoms with E-state index in [2.05, 4.69) is 0 Å². The van der Waals surface area contributed by atoms with Gasteiger partial charge in [-0.25, -0.2) is 0 Å². The fourth-order valence-electron chi connectivity index (χ4n) is 3.53. The van der Waals surface area contributed by atoms with Gasteiger partial charge in [0.1, 0.15) is 12.3 Å². The van der Waals surface area contributed by atoms with Gasteiger partial charge in [0.2, 0.25) is 11.8 Å². The number of rotatable bonds is 9. The molecule has 8 nitrogen and oxygen atoms in total. The van der Waals surface area contributed by atoms with Crippen molar-refractivity contribution in [3.8, 4) is 5.75 Å². The molecule has 0 fully saturated rings. The van der Waals surface area contributed by atoms with Crippen molar-refractivity contribution >= 4 is 34.8 Å². The number of hydrogen-bond donors (Lipinski definition) is 1. The van der Waals surface area contributed by atoms with Crippen LogP contribution in [0, 0.1) is 6.92 Å². The monoisotopic (exact) mass is 474 g/mol. The second-order valence-corrected chi connectivity index (χ2v) is 8.00. The first-order chi connectivity index (χ1) is 16.8. The van der Waals surface area contributed by atoms with Crippen molar-refractivity contribution in [3.63, 3.8) is 0 Å². The molecule has 0 aliphatic heterocycles. The summed E-state index contributed by atoms with van der Waals surface area (Å²) in [6, 6.07) is 23.4. The number of carbonyl (C=O) groups is 3. The van der Waals surface area contributed by atoms with Crippen molar-refractivity contribution in [1.29, 1.82) is 0 Å². The Morgan fingerprint density at radius 1 is 0.771 bits per heavy atom. The van der Waals surface area contributed by atoms with Crippen molar-refractivity contribution < 1.29 is 19.1 Å². The molecule has 3 rings (SSSR count). The largest absolute Gasteiger partial charge is 0.484 e. The first-order valence-electron chi connectivity index (χ1n) is 11.2. The Kier molecular flexibility index (Phi) is 8.58. The molecule has 0 radical (unpaired) electrons. The van der Waals surface area contributed by atoms with E-state index < -0.39 is 5.91 Å². The van der Waals surface area contributed by atoms with E-state index in [-0.39, 0.29) is 31.5 Å². The number of aryl methyl sites for hydroxylation is 1. The van der Waals surface area contributed by atoms with Gasteiger partial charge in [-0.15, -0.1) is 0 Å². The van der Waals surface area contributed by atoms with Crippen LogP contribution in [0.15, 0.2) is 78.9 Å². The lowest BCUT2D eigenvalue weighted by molar-refractivity contribution is -0.121. The Labute approximate surface area is 205 Å². The summed E-state index contributed by atoms with van der Waals surface area (Å²) in [7, 11) is 3.35. The quantitative estimate of drug-likeness (QED) is 0.514. The number of benzene rings is 3. The Bertz CT molecular complexity index is 1180. The van der Waals surface area contributed by atoms with Gasteiger partial charge in [0.25, 0.3) is 5.91 Å². The Morgan fingerprint density at radius 3 is 2.11 bits per heavy atom. The fourth-order valence-corrected chi connectivity index (χ4v) is 3.53. The van der Waals surface area contributed by atoms with E-state index in [9.17, 15) is 14.4 Å². The molecule has 182 valence electrons. The van der Waals surface area contributed by atoms with Crippen LogP contribution in [-0.4, -0.2) is 51.5 Å². The lowest BCUT2D eigenvalue weighted by Gasteiger charge is -2.25. The zero-order chi connectivity index (χ0) is 25.4. The summed E-state index contributed by atoms with van der Waals surface area (Å²) in [4.78, 5) is 42.5. The first kappa shape index (κ1) is 25.5. The molecule has 0 atom stereocenters. The number of para-hydroxylation sites is 2. The van der Waals surface area contributed by atoms with Crippen LogP contribution in [0.1, 0.15) is 5.56 Å². The predicted molar refractivity (Wildman–Crippen MR) is 138 cm³/mol. The second kappa shape index (κ2) is 11.8. The van der Waals surface area contributed by atoms with Crippen LogP contribution >= 0.6 is 0 Å². The van der Waals surface area contributed by atoms with E-state index >= 15 is 0 Å². The number of amides is 3. The van der Waals surface area contributed by atoms with Crippen LogP contribution in [0.2, 0.25) is 0 Å². The minimum atomic E-state index is -0.410. The highest BCUT2D eigenvalue weighted by Gasteiger charge is 2.22. The average Bonchev–Trinajstić information content (AvgIpc) is 2.89. The second-order valence-electron chi connectivity index (χ2n) is 8.00. The van der Waals surface area contributed by atoms with Crippen molar-refractivity contribution in [1.82, 2.24) is 0 Å². The predicted octanol–water partition coefficient (Wildman–Crippen LogP) is 2.99. The van der Waals surface area contributed by atoms with Gasteiger partial charge in [-0.1, -0.05) is 42.5 Å². The summed E-state index contributed by atoms with van der Waals surface area (Å²) < 4.78 is 5.72. The molecule has 8 heteroatoms. The van der Waals surface area contributed by atoms with Crippen LogP contribution < -0.4 is 25.2 Å². The van der Waals surface area contributed by atoms with E-state index in [1.165, 1.54) is 9.80 Å². The fraction of sp³-hybridized carbons (Fsp3) is 0.222. The van der Waals surface area contributed by atoms with Crippen LogP contribution in [0.25, 0.3) is 0 Å². The average molecular weight is 475 g/mol. The number of nitrogens with two attached hydrogens (primary N) is 1. The minimum absolute atomic E-state index is 0.186. The van der Waals surface area contributed by atoms with Gasteiger partial charge in [0.15, 0.2) is 6.61 Å². The molecule has 0 saturated carbocycles. The molecular weight excluding hydrogens is 444 g/mol. The van der Waals surface area contributed by atoms with E-state index in [0.29, 0.717) is 17.1 Å². The first-order valence-corrected chi connectivity index (χ1v) is 11.2. The van der Waals surface area contributed by atoms with E-state index in [0.717, 1.165) is 11.3 Å². The van der Waals surface area contributed by atoms with Gasteiger partial charge < -0.3 is 25.2 Å². The maximum absolute atomic E-state index is 12.9. The van der Waals surface area contributed by atoms with Gasteiger partial charge in [-0.2, -0.15) is 0 Å². The highest BCUT2D eigenvalue weighted by atomic mass is 16.5. The molecular formula is C27H30N4O4. The molecule has 3 aromatic rings. The molecule has 0 aromatic heterocycles. The van der Waals surface area contributed by atoms with Crippen molar-refractivity contribution in [2.24, 2.45) is 5.73 Å². The zero-order valence-corrected chi connectivity index (χ0v) is 20.2. The van der Waals surface area contributed by atoms with Crippen LogP contribution in [-0.2, 0) is 14.4 Å². The number of carbonyl (C=O) groups excluding carboxylic acids is 3. The smallest absolute Gasteiger partial charge is 0.264 e. The normalized spacial score (nSPS) is 10.4. The molecule has 0 bridgehead atoms. The SMILES string of the molecule is Cc1ccccc1N(C)C(=O)COc1cccc(N(CC(=O)N(C)c2ccccc2)C(=O)CN)c1. The Morgan fingerprint density at radius 2 is 1.43 bits per heavy atom. The number of hydrogen-bond acceptors (Lipinski definition) is 5. The molecule has 0 aliphatic rings. The lowest BCUT2D eigenvalue weighted by Crippen LogP contribution is -2.44. The minimum Gasteiger partial charge on any atom is -0.484 e. The molecule has 0 spiro atoms. The van der Waals surface area contributed by atoms with E-state index in [4.69, 9.17) is 10.5 Å². The molecule has 0 unspecified atom stereocenters. The molecule has 3 aromatic carbocycles. The maximum Gasteiger partial charge on any atom is 0.264 e. The zero-order valence-electron chi connectivity index (χ0n) is 20.2. The van der Waals surface area contributed by atoms with Crippen molar-refractivity contribution in [2.45, 2.75) is 6.92 Å². The highest BCUT2D eigenvalue weighted by Crippen LogP contribution is 2.23. The van der Waals surface area contributed by atoms with Gasteiger partial charge in [0.05, 0.1) is 6.54 Å². The van der Waals surface area contributed by atoms with Crippen molar-refractivity contribution in [3.05, 3.63) is 84.4 Å². The van der Waals surface area contributed by atoms with Crippen LogP contribution in [0.4, 0.5) is 17.1 Å².